The quantitative estimate of drug-likeness (QED) is 0.282. The van der Waals surface area contributed by atoms with Crippen LogP contribution < -0.4 is 33.5 Å². The van der Waals surface area contributed by atoms with Crippen LogP contribution in [-0.4, -0.2) is 64.1 Å². The van der Waals surface area contributed by atoms with E-state index in [0.717, 1.165) is 83.4 Å². The van der Waals surface area contributed by atoms with Gasteiger partial charge in [0.2, 0.25) is 6.79 Å². The van der Waals surface area contributed by atoms with Gasteiger partial charge in [-0.15, -0.1) is 0 Å². The molecule has 0 aliphatic carbocycles. The van der Waals surface area contributed by atoms with E-state index in [2.05, 4.69) is 22.8 Å². The average molecular weight is 565 g/mol. The number of anilines is 2. The average Bonchev–Trinajstić information content (AvgIpc) is 3.60. The van der Waals surface area contributed by atoms with Gasteiger partial charge in [-0.05, 0) is 42.3 Å². The fraction of sp³-hybridized carbons (Fsp3) is 0.367. The van der Waals surface area contributed by atoms with E-state index < -0.39 is 0 Å². The predicted octanol–water partition coefficient (Wildman–Crippen LogP) is 5.38. The molecule has 1 aromatic heterocycles. The monoisotopic (exact) mass is 564 g/mol. The van der Waals surface area contributed by atoms with Crippen molar-refractivity contribution >= 4 is 33.9 Å². The number of aryl methyl sites for hydroxylation is 1. The topological polar surface area (TPSA) is 70.5 Å². The molecule has 0 atom stereocenters. The Bertz CT molecular complexity index is 1550. The van der Waals surface area contributed by atoms with E-state index in [1.165, 1.54) is 0 Å². The van der Waals surface area contributed by atoms with Crippen LogP contribution >= 0.6 is 11.6 Å². The van der Waals surface area contributed by atoms with E-state index >= 15 is 0 Å². The largest absolute Gasteiger partial charge is 0.495 e. The SMILES string of the molecule is CCc1nn(Cc2ccc(OC)c(OC)c2)c2cc3c(c(N4CCN(c5cc(Cl)ccc5OC)CC4)c12)OCO3. The molecular weight excluding hydrogens is 532 g/mol. The molecule has 6 rings (SSSR count). The summed E-state index contributed by atoms with van der Waals surface area (Å²) in [5.74, 6) is 3.76. The van der Waals surface area contributed by atoms with Crippen LogP contribution in [0.3, 0.4) is 0 Å². The number of methoxy groups -OCH3 is 3. The number of hydrogen-bond acceptors (Lipinski definition) is 8. The summed E-state index contributed by atoms with van der Waals surface area (Å²) in [6.45, 7) is 6.15. The highest BCUT2D eigenvalue weighted by atomic mass is 35.5. The van der Waals surface area contributed by atoms with Gasteiger partial charge in [0.25, 0.3) is 0 Å². The number of benzene rings is 3. The first-order valence-electron chi connectivity index (χ1n) is 13.4. The van der Waals surface area contributed by atoms with Gasteiger partial charge < -0.3 is 33.5 Å². The Morgan fingerprint density at radius 1 is 0.850 bits per heavy atom. The van der Waals surface area contributed by atoms with Crippen molar-refractivity contribution in [3.8, 4) is 28.7 Å². The predicted molar refractivity (Wildman–Crippen MR) is 156 cm³/mol. The molecule has 3 heterocycles. The van der Waals surface area contributed by atoms with Gasteiger partial charge in [-0.25, -0.2) is 0 Å². The minimum Gasteiger partial charge on any atom is -0.495 e. The Labute approximate surface area is 238 Å². The molecule has 40 heavy (non-hydrogen) atoms. The fourth-order valence-corrected chi connectivity index (χ4v) is 5.82. The molecule has 4 aromatic rings. The molecule has 1 fully saturated rings. The number of rotatable bonds is 8. The summed E-state index contributed by atoms with van der Waals surface area (Å²) in [7, 11) is 4.98. The third-order valence-electron chi connectivity index (χ3n) is 7.62. The summed E-state index contributed by atoms with van der Waals surface area (Å²) in [4.78, 5) is 4.71. The first-order chi connectivity index (χ1) is 19.5. The molecule has 0 unspecified atom stereocenters. The Morgan fingerprint density at radius 2 is 1.57 bits per heavy atom. The van der Waals surface area contributed by atoms with Crippen LogP contribution in [0.2, 0.25) is 5.02 Å². The van der Waals surface area contributed by atoms with Crippen molar-refractivity contribution in [1.82, 2.24) is 9.78 Å². The number of halogens is 1. The van der Waals surface area contributed by atoms with Gasteiger partial charge in [0.1, 0.15) is 5.75 Å². The fourth-order valence-electron chi connectivity index (χ4n) is 5.65. The summed E-state index contributed by atoms with van der Waals surface area (Å²) in [6.07, 6.45) is 0.793. The summed E-state index contributed by atoms with van der Waals surface area (Å²) in [5, 5.41) is 6.86. The molecule has 10 heteroatoms. The minimum absolute atomic E-state index is 0.208. The molecule has 9 nitrogen and oxygen atoms in total. The molecule has 0 N–H and O–H groups in total. The zero-order chi connectivity index (χ0) is 27.8. The van der Waals surface area contributed by atoms with Crippen molar-refractivity contribution in [2.45, 2.75) is 19.9 Å². The van der Waals surface area contributed by atoms with Crippen LogP contribution in [0.4, 0.5) is 11.4 Å². The van der Waals surface area contributed by atoms with Crippen LogP contribution in [0.1, 0.15) is 18.2 Å². The summed E-state index contributed by atoms with van der Waals surface area (Å²) in [5.41, 5.74) is 5.17. The molecule has 2 aliphatic rings. The molecule has 2 aliphatic heterocycles. The van der Waals surface area contributed by atoms with E-state index in [1.807, 2.05) is 41.1 Å². The molecule has 0 saturated carbocycles. The van der Waals surface area contributed by atoms with Crippen LogP contribution in [-0.2, 0) is 13.0 Å². The van der Waals surface area contributed by atoms with Crippen molar-refractivity contribution in [3.05, 3.63) is 58.7 Å². The third kappa shape index (κ3) is 4.58. The van der Waals surface area contributed by atoms with E-state index in [0.29, 0.717) is 23.1 Å². The highest BCUT2D eigenvalue weighted by Crippen LogP contribution is 2.48. The zero-order valence-electron chi connectivity index (χ0n) is 23.2. The number of piperazine rings is 1. The molecule has 210 valence electrons. The Kier molecular flexibility index (Phi) is 7.14. The first kappa shape index (κ1) is 26.3. The summed E-state index contributed by atoms with van der Waals surface area (Å²) >= 11 is 6.33. The standard InChI is InChI=1S/C30H33ClN4O5/c1-5-21-28-23(35(32-21)17-19-6-8-25(37-3)26(14-19)38-4)16-27-30(40-18-39-27)29(28)34-12-10-33(11-13-34)22-15-20(31)7-9-24(22)36-2/h6-9,14-16H,5,10-13,17-18H2,1-4H3. The molecule has 3 aromatic carbocycles. The van der Waals surface area contributed by atoms with Crippen LogP contribution in [0.25, 0.3) is 10.9 Å². The highest BCUT2D eigenvalue weighted by Gasteiger charge is 2.31. The maximum absolute atomic E-state index is 6.33. The lowest BCUT2D eigenvalue weighted by Crippen LogP contribution is -2.46. The lowest BCUT2D eigenvalue weighted by Gasteiger charge is -2.38. The molecule has 0 radical (unpaired) electrons. The second-order valence-electron chi connectivity index (χ2n) is 9.79. The van der Waals surface area contributed by atoms with Gasteiger partial charge in [0, 0.05) is 37.3 Å². The Hall–Kier alpha value is -3.98. The molecule has 0 bridgehead atoms. The van der Waals surface area contributed by atoms with Crippen molar-refractivity contribution in [2.24, 2.45) is 0 Å². The van der Waals surface area contributed by atoms with Crippen molar-refractivity contribution in [2.75, 3.05) is 64.1 Å². The van der Waals surface area contributed by atoms with Gasteiger partial charge in [-0.2, -0.15) is 5.10 Å². The van der Waals surface area contributed by atoms with E-state index in [1.54, 1.807) is 21.3 Å². The molecule has 0 amide bonds. The maximum atomic E-state index is 6.33. The summed E-state index contributed by atoms with van der Waals surface area (Å²) in [6, 6.07) is 13.8. The number of aromatic nitrogens is 2. The van der Waals surface area contributed by atoms with Gasteiger partial charge in [-0.3, -0.25) is 4.68 Å². The number of ether oxygens (including phenoxy) is 5. The zero-order valence-corrected chi connectivity index (χ0v) is 24.0. The van der Waals surface area contributed by atoms with E-state index in [-0.39, 0.29) is 6.79 Å². The van der Waals surface area contributed by atoms with Gasteiger partial charge >= 0.3 is 0 Å². The van der Waals surface area contributed by atoms with E-state index in [4.69, 9.17) is 40.4 Å². The highest BCUT2D eigenvalue weighted by molar-refractivity contribution is 6.31. The van der Waals surface area contributed by atoms with Crippen LogP contribution in [0, 0.1) is 0 Å². The second kappa shape index (κ2) is 10.9. The minimum atomic E-state index is 0.208. The van der Waals surface area contributed by atoms with Crippen molar-refractivity contribution < 1.29 is 23.7 Å². The normalized spacial score (nSPS) is 14.6. The van der Waals surface area contributed by atoms with Gasteiger partial charge in [0.05, 0.1) is 55.8 Å². The van der Waals surface area contributed by atoms with Crippen molar-refractivity contribution in [3.63, 3.8) is 0 Å². The lowest BCUT2D eigenvalue weighted by molar-refractivity contribution is 0.174. The molecule has 0 spiro atoms. The van der Waals surface area contributed by atoms with Gasteiger partial charge in [0.15, 0.2) is 23.0 Å². The number of nitrogens with zero attached hydrogens (tertiary/aromatic N) is 4. The maximum Gasteiger partial charge on any atom is 0.231 e. The van der Waals surface area contributed by atoms with E-state index in [9.17, 15) is 0 Å². The van der Waals surface area contributed by atoms with Crippen LogP contribution in [0.15, 0.2) is 42.5 Å². The second-order valence-corrected chi connectivity index (χ2v) is 10.2. The lowest BCUT2D eigenvalue weighted by atomic mass is 10.1. The van der Waals surface area contributed by atoms with Gasteiger partial charge in [-0.1, -0.05) is 24.6 Å². The summed E-state index contributed by atoms with van der Waals surface area (Å²) < 4.78 is 30.6. The number of fused-ring (bicyclic) bond motifs is 2. The first-order valence-corrected chi connectivity index (χ1v) is 13.8. The smallest absolute Gasteiger partial charge is 0.231 e. The van der Waals surface area contributed by atoms with Crippen molar-refractivity contribution in [1.29, 1.82) is 0 Å². The number of hydrogen-bond donors (Lipinski definition) is 0. The Balaban J connectivity index is 1.36. The third-order valence-corrected chi connectivity index (χ3v) is 7.85. The molecular formula is C30H33ClN4O5. The molecule has 1 saturated heterocycles. The Morgan fingerprint density at radius 3 is 2.30 bits per heavy atom. The van der Waals surface area contributed by atoms with Crippen LogP contribution in [0.5, 0.6) is 28.7 Å².